The molecule has 0 unspecified atom stereocenters. The second-order valence-electron chi connectivity index (χ2n) is 10.8. The number of nitrogens with zero attached hydrogens (tertiary/aromatic N) is 4. The van der Waals surface area contributed by atoms with E-state index in [1.807, 2.05) is 60.0 Å². The van der Waals surface area contributed by atoms with E-state index in [2.05, 4.69) is 47.4 Å². The van der Waals surface area contributed by atoms with Crippen molar-refractivity contribution in [1.82, 2.24) is 24.8 Å². The zero-order chi connectivity index (χ0) is 37.0. The number of imidazole rings is 1. The van der Waals surface area contributed by atoms with Gasteiger partial charge in [0.05, 0.1) is 33.7 Å². The first-order valence-electron chi connectivity index (χ1n) is 15.1. The predicted octanol–water partition coefficient (Wildman–Crippen LogP) is 10.6. The molecule has 0 spiro atoms. The molecule has 0 bridgehead atoms. The molecule has 0 fully saturated rings. The van der Waals surface area contributed by atoms with Crippen LogP contribution in [0.15, 0.2) is 93.9 Å². The number of amides is 1. The van der Waals surface area contributed by atoms with Gasteiger partial charge in [-0.3, -0.25) is 14.8 Å². The fourth-order valence-corrected chi connectivity index (χ4v) is 6.72. The molecule has 4 aromatic carbocycles. The molecule has 6 aromatic rings. The highest BCUT2D eigenvalue weighted by atomic mass is 79.9. The summed E-state index contributed by atoms with van der Waals surface area (Å²) < 4.78 is 10.6. The second kappa shape index (κ2) is 16.8. The Balaban J connectivity index is 0.000000198. The normalized spacial score (nSPS) is 10.8. The number of benzene rings is 4. The van der Waals surface area contributed by atoms with E-state index in [-0.39, 0.29) is 18.0 Å². The number of aromatic nitrogens is 4. The van der Waals surface area contributed by atoms with Crippen LogP contribution >= 0.6 is 78.3 Å². The molecule has 3 N–H and O–H groups in total. The van der Waals surface area contributed by atoms with Crippen LogP contribution in [0.3, 0.4) is 0 Å². The third-order valence-corrected chi connectivity index (χ3v) is 9.70. The monoisotopic (exact) mass is 890 g/mol. The Hall–Kier alpha value is -3.68. The predicted molar refractivity (Wildman–Crippen MR) is 211 cm³/mol. The number of nitrogens with one attached hydrogen (secondary N) is 1. The highest BCUT2D eigenvalue weighted by Crippen LogP contribution is 2.35. The summed E-state index contributed by atoms with van der Waals surface area (Å²) in [5.74, 6) is 4.87. The molecule has 0 atom stereocenters. The first kappa shape index (κ1) is 38.5. The maximum Gasteiger partial charge on any atom is 0.359 e. The van der Waals surface area contributed by atoms with Crippen LogP contribution in [0, 0.1) is 13.8 Å². The number of esters is 1. The Labute approximate surface area is 330 Å². The molecular weight excluding hydrogens is 866 g/mol. The van der Waals surface area contributed by atoms with E-state index in [0.717, 1.165) is 31.5 Å². The zero-order valence-electron chi connectivity index (χ0n) is 27.1. The second-order valence-corrected chi connectivity index (χ2v) is 14.4. The van der Waals surface area contributed by atoms with Gasteiger partial charge in [0.25, 0.3) is 5.91 Å². The van der Waals surface area contributed by atoms with E-state index < -0.39 is 11.9 Å². The first-order valence-corrected chi connectivity index (χ1v) is 18.2. The van der Waals surface area contributed by atoms with Gasteiger partial charge in [0, 0.05) is 41.4 Å². The summed E-state index contributed by atoms with van der Waals surface area (Å²) in [4.78, 5) is 28.9. The largest absolute Gasteiger partial charge is 0.461 e. The molecule has 0 saturated carbocycles. The average molecular weight is 894 g/mol. The van der Waals surface area contributed by atoms with Crippen LogP contribution in [0.1, 0.15) is 39.2 Å². The van der Waals surface area contributed by atoms with E-state index in [9.17, 15) is 9.59 Å². The minimum atomic E-state index is -0.473. The summed E-state index contributed by atoms with van der Waals surface area (Å²) >= 11 is 31.6. The molecule has 1 amide bonds. The summed E-state index contributed by atoms with van der Waals surface area (Å²) in [7, 11) is 0. The van der Waals surface area contributed by atoms with Crippen molar-refractivity contribution in [2.24, 2.45) is 5.84 Å². The van der Waals surface area contributed by atoms with Crippen LogP contribution in [0.4, 0.5) is 0 Å². The topological polar surface area (TPSA) is 117 Å². The number of hydrazine groups is 1. The van der Waals surface area contributed by atoms with E-state index in [0.29, 0.717) is 42.9 Å². The lowest BCUT2D eigenvalue weighted by molar-refractivity contribution is 0.0518. The molecule has 51 heavy (non-hydrogen) atoms. The lowest BCUT2D eigenvalue weighted by Crippen LogP contribution is -2.30. The highest BCUT2D eigenvalue weighted by Gasteiger charge is 2.25. The summed E-state index contributed by atoms with van der Waals surface area (Å²) in [6, 6.07) is 25.7. The van der Waals surface area contributed by atoms with Gasteiger partial charge in [-0.1, -0.05) is 90.4 Å². The van der Waals surface area contributed by atoms with Gasteiger partial charge in [-0.25, -0.2) is 20.3 Å². The van der Waals surface area contributed by atoms with Gasteiger partial charge in [-0.2, -0.15) is 5.10 Å². The van der Waals surface area contributed by atoms with E-state index in [1.165, 1.54) is 0 Å². The number of nitrogens with two attached hydrogens (primary N) is 1. The van der Waals surface area contributed by atoms with Crippen LogP contribution in [-0.4, -0.2) is 37.8 Å². The maximum atomic E-state index is 12.3. The minimum Gasteiger partial charge on any atom is -0.461 e. The molecule has 0 saturated heterocycles. The summed E-state index contributed by atoms with van der Waals surface area (Å²) in [6.45, 7) is 5.68. The Morgan fingerprint density at radius 2 is 1.41 bits per heavy atom. The lowest BCUT2D eigenvalue weighted by Gasteiger charge is -2.12. The van der Waals surface area contributed by atoms with Crippen molar-refractivity contribution < 1.29 is 14.3 Å². The number of nitrogen functional groups attached to an aromatic ring is 1. The molecule has 262 valence electrons. The first-order chi connectivity index (χ1) is 24.3. The van der Waals surface area contributed by atoms with Crippen LogP contribution in [0.5, 0.6) is 0 Å². The molecule has 0 aliphatic heterocycles. The molecule has 0 radical (unpaired) electrons. The van der Waals surface area contributed by atoms with Crippen LogP contribution in [0.2, 0.25) is 20.1 Å². The number of carbonyl (C=O) groups excluding carboxylic acids is 2. The van der Waals surface area contributed by atoms with Crippen LogP contribution < -0.4 is 11.3 Å². The van der Waals surface area contributed by atoms with E-state index in [4.69, 9.17) is 57.0 Å². The zero-order valence-corrected chi connectivity index (χ0v) is 33.3. The van der Waals surface area contributed by atoms with Gasteiger partial charge in [0.1, 0.15) is 5.82 Å². The Morgan fingerprint density at radius 3 is 1.98 bits per heavy atom. The number of carbonyl (C=O) groups is 2. The molecule has 6 rings (SSSR count). The summed E-state index contributed by atoms with van der Waals surface area (Å²) in [5, 5.41) is 6.42. The number of hydrogen-bond acceptors (Lipinski definition) is 6. The standard InChI is InChI=1S/C19H15BrCl2N2O2.C17H13BrCl2N4O/c1-3-26-19(25)17-11(2)18(12-4-6-13(20)7-5-12)24(23-17)16-9-8-14(21)10-15(16)22;1-9-15(17(25)23-21)22-16(13-7-4-11(19)8-14(13)20)24(9)12-5-2-10(18)3-6-12/h4-10H,3H2,1-2H3;2-8H,21H2,1H3,(H,23,25). The fraction of sp³-hybridized carbons (Fsp3) is 0.111. The molecule has 9 nitrogen and oxygen atoms in total. The smallest absolute Gasteiger partial charge is 0.359 e. The van der Waals surface area contributed by atoms with Gasteiger partial charge in [-0.05, 0) is 93.6 Å². The average Bonchev–Trinajstić information content (AvgIpc) is 3.62. The van der Waals surface area contributed by atoms with Crippen molar-refractivity contribution in [2.75, 3.05) is 6.61 Å². The Morgan fingerprint density at radius 1 is 0.824 bits per heavy atom. The quantitative estimate of drug-likeness (QED) is 0.0713. The summed E-state index contributed by atoms with van der Waals surface area (Å²) in [5.41, 5.74) is 7.78. The van der Waals surface area contributed by atoms with Crippen molar-refractivity contribution in [2.45, 2.75) is 20.8 Å². The van der Waals surface area contributed by atoms with Gasteiger partial charge < -0.3 is 4.74 Å². The number of hydrogen-bond donors (Lipinski definition) is 2. The number of halogens is 6. The van der Waals surface area contributed by atoms with Crippen molar-refractivity contribution in [3.05, 3.63) is 137 Å². The summed E-state index contributed by atoms with van der Waals surface area (Å²) in [6.07, 6.45) is 0. The van der Waals surface area contributed by atoms with Crippen LogP contribution in [0.25, 0.3) is 34.0 Å². The molecule has 0 aliphatic carbocycles. The van der Waals surface area contributed by atoms with E-state index in [1.54, 1.807) is 54.9 Å². The molecule has 2 heterocycles. The third kappa shape index (κ3) is 8.52. The molecule has 15 heteroatoms. The molecule has 0 aliphatic rings. The number of rotatable bonds is 7. The van der Waals surface area contributed by atoms with Gasteiger partial charge >= 0.3 is 5.97 Å². The maximum absolute atomic E-state index is 12.3. The third-order valence-electron chi connectivity index (χ3n) is 7.56. The molecule has 2 aromatic heterocycles. The Kier molecular flexibility index (Phi) is 12.7. The lowest BCUT2D eigenvalue weighted by atomic mass is 10.1. The van der Waals surface area contributed by atoms with Crippen LogP contribution in [-0.2, 0) is 4.74 Å². The van der Waals surface area contributed by atoms with Crippen molar-refractivity contribution in [1.29, 1.82) is 0 Å². The molecular formula is C36H28Br2Cl4N6O3. The Bertz CT molecular complexity index is 2240. The van der Waals surface area contributed by atoms with Gasteiger partial charge in [0.2, 0.25) is 0 Å². The van der Waals surface area contributed by atoms with Gasteiger partial charge in [-0.15, -0.1) is 0 Å². The number of ether oxygens (including phenoxy) is 1. The minimum absolute atomic E-state index is 0.228. The van der Waals surface area contributed by atoms with Gasteiger partial charge in [0.15, 0.2) is 11.4 Å². The van der Waals surface area contributed by atoms with E-state index >= 15 is 0 Å². The van der Waals surface area contributed by atoms with Crippen molar-refractivity contribution in [3.8, 4) is 34.0 Å². The fourth-order valence-electron chi connectivity index (χ4n) is 5.21. The van der Waals surface area contributed by atoms with Crippen molar-refractivity contribution >= 4 is 90.1 Å². The van der Waals surface area contributed by atoms with Crippen molar-refractivity contribution in [3.63, 3.8) is 0 Å². The highest BCUT2D eigenvalue weighted by molar-refractivity contribution is 9.10. The SMILES string of the molecule is CCOC(=O)c1nn(-c2ccc(Cl)cc2Cl)c(-c2ccc(Br)cc2)c1C.Cc1c(C(=O)NN)nc(-c2ccc(Cl)cc2Cl)n1-c1ccc(Br)cc1.